The Kier molecular flexibility index (Phi) is 8.68. The number of nitrogens with zero attached hydrogens (tertiary/aromatic N) is 1. The summed E-state index contributed by atoms with van der Waals surface area (Å²) in [6.45, 7) is 3.42. The topological polar surface area (TPSA) is 134 Å². The zero-order valence-electron chi connectivity index (χ0n) is 25.5. The number of aryl methyl sites for hydroxylation is 1. The fraction of sp³-hybridized carbons (Fsp3) is 0.257. The molecule has 9 nitrogen and oxygen atoms in total. The van der Waals surface area contributed by atoms with Gasteiger partial charge in [0.25, 0.3) is 20.2 Å². The van der Waals surface area contributed by atoms with Crippen molar-refractivity contribution in [2.75, 3.05) is 17.2 Å². The summed E-state index contributed by atoms with van der Waals surface area (Å²) in [6, 6.07) is 23.7. The van der Waals surface area contributed by atoms with Gasteiger partial charge in [-0.05, 0) is 90.1 Å². The second-order valence-corrected chi connectivity index (χ2v) is 15.1. The van der Waals surface area contributed by atoms with E-state index in [0.717, 1.165) is 38.1 Å². The standard InChI is InChI=1S/C35H35NO8S2/c1-3-24(17-35-36(22-23(2)46(40,41)42)31-19-26-11-5-7-13-28(26)21-34(31)44-35)16-32-29(14-8-9-15-45(37,38)39)30-18-25-10-4-6-12-27(25)20-33(30)43-32/h4-7,10-13,16-21,23H,3,8-9,14-15,22H2,1-2H3,(H,37,38,39)(H,40,41,42)/b24-16+,35-17-. The van der Waals surface area contributed by atoms with Gasteiger partial charge < -0.3 is 14.1 Å². The summed E-state index contributed by atoms with van der Waals surface area (Å²) in [6.07, 6.45) is 5.74. The van der Waals surface area contributed by atoms with E-state index >= 15 is 0 Å². The van der Waals surface area contributed by atoms with Gasteiger partial charge in [-0.25, -0.2) is 0 Å². The molecule has 0 spiro atoms. The fourth-order valence-corrected chi connectivity index (χ4v) is 6.73. The first kappa shape index (κ1) is 31.8. The van der Waals surface area contributed by atoms with Gasteiger partial charge >= 0.3 is 0 Å². The third-order valence-electron chi connectivity index (χ3n) is 8.35. The molecule has 1 atom stereocenters. The minimum Gasteiger partial charge on any atom is -0.456 e. The smallest absolute Gasteiger partial charge is 0.269 e. The molecule has 240 valence electrons. The van der Waals surface area contributed by atoms with Crippen molar-refractivity contribution in [1.29, 1.82) is 0 Å². The quantitative estimate of drug-likeness (QED) is 0.108. The van der Waals surface area contributed by atoms with Gasteiger partial charge in [-0.1, -0.05) is 55.5 Å². The van der Waals surface area contributed by atoms with Crippen LogP contribution in [0.3, 0.4) is 0 Å². The molecule has 11 heteroatoms. The summed E-state index contributed by atoms with van der Waals surface area (Å²) in [5.74, 6) is 1.32. The molecule has 1 aromatic heterocycles. The average Bonchev–Trinajstić information content (AvgIpc) is 3.51. The molecule has 1 aliphatic heterocycles. The molecule has 0 aliphatic carbocycles. The lowest BCUT2D eigenvalue weighted by atomic mass is 10.0. The van der Waals surface area contributed by atoms with Gasteiger partial charge in [0.05, 0.1) is 11.4 Å². The van der Waals surface area contributed by atoms with Crippen molar-refractivity contribution in [2.24, 2.45) is 0 Å². The van der Waals surface area contributed by atoms with Crippen LogP contribution >= 0.6 is 0 Å². The molecule has 0 bridgehead atoms. The SMILES string of the molecule is CCC(/C=C1\Oc2cc3ccccc3cc2N1CC(C)S(=O)(=O)O)=C\c1oc2cc3ccccc3cc2c1CCCCS(=O)(=O)O. The third kappa shape index (κ3) is 6.82. The highest BCUT2D eigenvalue weighted by molar-refractivity contribution is 7.86. The number of hydrogen-bond acceptors (Lipinski definition) is 7. The van der Waals surface area contributed by atoms with Crippen LogP contribution in [0.1, 0.15) is 44.4 Å². The third-order valence-corrected chi connectivity index (χ3v) is 10.3. The second-order valence-electron chi connectivity index (χ2n) is 11.6. The number of unbranched alkanes of at least 4 members (excludes halogenated alkanes) is 1. The number of hydrogen-bond donors (Lipinski definition) is 2. The van der Waals surface area contributed by atoms with E-state index in [1.165, 1.54) is 6.92 Å². The molecule has 6 rings (SSSR count). The highest BCUT2D eigenvalue weighted by Crippen LogP contribution is 2.43. The van der Waals surface area contributed by atoms with Gasteiger partial charge in [0, 0.05) is 23.6 Å². The molecule has 2 heterocycles. The second kappa shape index (κ2) is 12.6. The molecule has 5 aromatic rings. The first-order valence-corrected chi connectivity index (χ1v) is 18.3. The summed E-state index contributed by atoms with van der Waals surface area (Å²) in [5, 5.41) is 3.88. The van der Waals surface area contributed by atoms with Crippen LogP contribution < -0.4 is 9.64 Å². The van der Waals surface area contributed by atoms with Crippen LogP contribution in [-0.4, -0.2) is 43.5 Å². The van der Waals surface area contributed by atoms with Gasteiger partial charge in [-0.15, -0.1) is 0 Å². The van der Waals surface area contributed by atoms with Crippen molar-refractivity contribution in [3.8, 4) is 5.75 Å². The van der Waals surface area contributed by atoms with E-state index < -0.39 is 25.5 Å². The predicted octanol–water partition coefficient (Wildman–Crippen LogP) is 7.76. The first-order valence-electron chi connectivity index (χ1n) is 15.2. The lowest BCUT2D eigenvalue weighted by molar-refractivity contribution is 0.434. The van der Waals surface area contributed by atoms with Crippen molar-refractivity contribution < 1.29 is 35.1 Å². The van der Waals surface area contributed by atoms with Crippen LogP contribution in [0.5, 0.6) is 5.75 Å². The Balaban J connectivity index is 1.42. The molecule has 0 amide bonds. The maximum absolute atomic E-state index is 12.0. The maximum Gasteiger partial charge on any atom is 0.269 e. The molecular weight excluding hydrogens is 627 g/mol. The molecule has 0 saturated carbocycles. The molecule has 0 fully saturated rings. The van der Waals surface area contributed by atoms with Crippen LogP contribution in [0.2, 0.25) is 0 Å². The molecule has 1 unspecified atom stereocenters. The lowest BCUT2D eigenvalue weighted by Crippen LogP contribution is -2.33. The van der Waals surface area contributed by atoms with Crippen LogP contribution in [0, 0.1) is 0 Å². The average molecular weight is 662 g/mol. The zero-order chi connectivity index (χ0) is 32.6. The maximum atomic E-state index is 12.0. The Morgan fingerprint density at radius 3 is 2.15 bits per heavy atom. The Bertz CT molecular complexity index is 2230. The zero-order valence-corrected chi connectivity index (χ0v) is 27.1. The monoisotopic (exact) mass is 661 g/mol. The van der Waals surface area contributed by atoms with Gasteiger partial charge in [-0.2, -0.15) is 16.8 Å². The van der Waals surface area contributed by atoms with Crippen molar-refractivity contribution in [3.63, 3.8) is 0 Å². The van der Waals surface area contributed by atoms with Crippen LogP contribution in [0.15, 0.2) is 94.7 Å². The van der Waals surface area contributed by atoms with Gasteiger partial charge in [0.2, 0.25) is 5.88 Å². The fourth-order valence-electron chi connectivity index (χ4n) is 5.82. The first-order chi connectivity index (χ1) is 21.9. The minimum atomic E-state index is -4.31. The molecule has 0 radical (unpaired) electrons. The van der Waals surface area contributed by atoms with Crippen molar-refractivity contribution in [3.05, 3.63) is 102 Å². The van der Waals surface area contributed by atoms with E-state index in [0.29, 0.717) is 54.3 Å². The molecule has 1 aliphatic rings. The highest BCUT2D eigenvalue weighted by atomic mass is 32.2. The van der Waals surface area contributed by atoms with E-state index in [-0.39, 0.29) is 12.3 Å². The van der Waals surface area contributed by atoms with Crippen LogP contribution in [-0.2, 0) is 26.7 Å². The summed E-state index contributed by atoms with van der Waals surface area (Å²) >= 11 is 0. The molecule has 46 heavy (non-hydrogen) atoms. The molecule has 0 saturated heterocycles. The Morgan fingerprint density at radius 1 is 0.891 bits per heavy atom. The summed E-state index contributed by atoms with van der Waals surface area (Å²) in [5.41, 5.74) is 3.18. The number of anilines is 1. The summed E-state index contributed by atoms with van der Waals surface area (Å²) < 4.78 is 78.5. The molecule has 2 N–H and O–H groups in total. The summed E-state index contributed by atoms with van der Waals surface area (Å²) in [4.78, 5) is 1.77. The number of benzene rings is 4. The number of fused-ring (bicyclic) bond motifs is 4. The summed E-state index contributed by atoms with van der Waals surface area (Å²) in [7, 11) is -8.36. The van der Waals surface area contributed by atoms with E-state index in [2.05, 4.69) is 6.07 Å². The van der Waals surface area contributed by atoms with Crippen LogP contribution in [0.4, 0.5) is 5.69 Å². The Morgan fingerprint density at radius 2 is 1.52 bits per heavy atom. The van der Waals surface area contributed by atoms with Gasteiger partial charge in [-0.3, -0.25) is 9.11 Å². The van der Waals surface area contributed by atoms with Crippen molar-refractivity contribution in [1.82, 2.24) is 0 Å². The highest BCUT2D eigenvalue weighted by Gasteiger charge is 2.31. The van der Waals surface area contributed by atoms with Crippen LogP contribution in [0.25, 0.3) is 38.6 Å². The van der Waals surface area contributed by atoms with E-state index in [9.17, 15) is 25.9 Å². The Hall–Kier alpha value is -4.16. The normalized spacial score (nSPS) is 15.6. The largest absolute Gasteiger partial charge is 0.456 e. The molecular formula is C35H35NO8S2. The predicted molar refractivity (Wildman–Crippen MR) is 182 cm³/mol. The number of rotatable bonds is 11. The van der Waals surface area contributed by atoms with E-state index in [4.69, 9.17) is 9.15 Å². The Labute approximate surface area is 268 Å². The molecule has 4 aromatic carbocycles. The van der Waals surface area contributed by atoms with Crippen molar-refractivity contribution >= 4 is 64.5 Å². The number of ether oxygens (including phenoxy) is 1. The van der Waals surface area contributed by atoms with E-state index in [1.54, 1.807) is 4.90 Å². The minimum absolute atomic E-state index is 0.0246. The van der Waals surface area contributed by atoms with E-state index in [1.807, 2.05) is 85.8 Å². The number of furan rings is 1. The number of allylic oxidation sites excluding steroid dienone is 2. The van der Waals surface area contributed by atoms with Gasteiger partial charge in [0.15, 0.2) is 5.75 Å². The van der Waals surface area contributed by atoms with Gasteiger partial charge in [0.1, 0.15) is 16.6 Å². The lowest BCUT2D eigenvalue weighted by Gasteiger charge is -2.21. The van der Waals surface area contributed by atoms with Crippen molar-refractivity contribution in [2.45, 2.75) is 44.8 Å².